The van der Waals surface area contributed by atoms with Gasteiger partial charge in [0.1, 0.15) is 0 Å². The largest absolute Gasteiger partial charge is 0.463 e. The van der Waals surface area contributed by atoms with Gasteiger partial charge in [-0.1, -0.05) is 6.92 Å². The van der Waals surface area contributed by atoms with Crippen LogP contribution in [0, 0.1) is 13.8 Å². The summed E-state index contributed by atoms with van der Waals surface area (Å²) in [6.07, 6.45) is 0.879. The maximum Gasteiger partial charge on any atom is 0.323 e. The molecule has 114 valence electrons. The molecular formula is C13H20N6OS. The molecule has 1 atom stereocenters. The standard InChI is InChI=1S/C13H20N6OS/c1-5-6-20-13-18-11(14)17-12(19-13)16-8(3)10-7(2)15-9(4)21-10/h8H,5-6H2,1-4H3,(H3,14,16,17,18,19). The van der Waals surface area contributed by atoms with E-state index in [9.17, 15) is 0 Å². The average molecular weight is 308 g/mol. The lowest BCUT2D eigenvalue weighted by Gasteiger charge is -2.13. The highest BCUT2D eigenvalue weighted by molar-refractivity contribution is 7.11. The van der Waals surface area contributed by atoms with Gasteiger partial charge >= 0.3 is 6.01 Å². The lowest BCUT2D eigenvalue weighted by molar-refractivity contribution is 0.292. The Bertz CT molecular complexity index is 615. The maximum absolute atomic E-state index is 5.69. The molecule has 0 aliphatic rings. The number of rotatable bonds is 6. The van der Waals surface area contributed by atoms with E-state index in [-0.39, 0.29) is 18.0 Å². The van der Waals surface area contributed by atoms with Gasteiger partial charge in [-0.15, -0.1) is 11.3 Å². The summed E-state index contributed by atoms with van der Waals surface area (Å²) >= 11 is 1.66. The molecule has 3 N–H and O–H groups in total. The number of ether oxygens (including phenoxy) is 1. The third-order valence-electron chi connectivity index (χ3n) is 2.75. The number of hydrogen-bond donors (Lipinski definition) is 2. The molecule has 0 spiro atoms. The van der Waals surface area contributed by atoms with Gasteiger partial charge in [0.15, 0.2) is 0 Å². The van der Waals surface area contributed by atoms with Crippen molar-refractivity contribution in [1.29, 1.82) is 0 Å². The molecule has 2 heterocycles. The molecule has 2 aromatic heterocycles. The van der Waals surface area contributed by atoms with Crippen molar-refractivity contribution < 1.29 is 4.74 Å². The topological polar surface area (TPSA) is 98.8 Å². The first-order chi connectivity index (χ1) is 9.99. The minimum atomic E-state index is 0.0389. The summed E-state index contributed by atoms with van der Waals surface area (Å²) in [5, 5.41) is 4.26. The number of anilines is 2. The van der Waals surface area contributed by atoms with Gasteiger partial charge < -0.3 is 15.8 Å². The van der Waals surface area contributed by atoms with Crippen LogP contribution in [-0.4, -0.2) is 26.5 Å². The second-order valence-electron chi connectivity index (χ2n) is 4.70. The van der Waals surface area contributed by atoms with Crippen LogP contribution in [0.5, 0.6) is 6.01 Å². The number of aromatic nitrogens is 4. The SMILES string of the molecule is CCCOc1nc(N)nc(NC(C)c2sc(C)nc2C)n1. The predicted molar refractivity (Wildman–Crippen MR) is 83.7 cm³/mol. The number of aryl methyl sites for hydroxylation is 2. The zero-order valence-corrected chi connectivity index (χ0v) is 13.5. The molecule has 0 radical (unpaired) electrons. The van der Waals surface area contributed by atoms with Crippen LogP contribution in [0.15, 0.2) is 0 Å². The van der Waals surface area contributed by atoms with Crippen LogP contribution in [-0.2, 0) is 0 Å². The van der Waals surface area contributed by atoms with Gasteiger partial charge in [0.05, 0.1) is 23.4 Å². The van der Waals surface area contributed by atoms with Crippen molar-refractivity contribution in [3.05, 3.63) is 15.6 Å². The van der Waals surface area contributed by atoms with Crippen LogP contribution in [0.25, 0.3) is 0 Å². The highest BCUT2D eigenvalue weighted by Gasteiger charge is 2.15. The van der Waals surface area contributed by atoms with Crippen LogP contribution in [0.2, 0.25) is 0 Å². The van der Waals surface area contributed by atoms with Crippen molar-refractivity contribution in [2.45, 2.75) is 40.2 Å². The Hall–Kier alpha value is -1.96. The molecule has 7 nitrogen and oxygen atoms in total. The molecule has 0 saturated heterocycles. The summed E-state index contributed by atoms with van der Waals surface area (Å²) in [5.41, 5.74) is 6.70. The Morgan fingerprint density at radius 1 is 1.24 bits per heavy atom. The van der Waals surface area contributed by atoms with E-state index in [0.29, 0.717) is 12.6 Å². The van der Waals surface area contributed by atoms with Crippen LogP contribution in [0.3, 0.4) is 0 Å². The van der Waals surface area contributed by atoms with E-state index < -0.39 is 0 Å². The number of nitrogens with one attached hydrogen (secondary N) is 1. The van der Waals surface area contributed by atoms with Gasteiger partial charge in [0.2, 0.25) is 11.9 Å². The van der Waals surface area contributed by atoms with Crippen LogP contribution >= 0.6 is 11.3 Å². The Labute approximate surface area is 128 Å². The van der Waals surface area contributed by atoms with Crippen molar-refractivity contribution in [3.8, 4) is 6.01 Å². The monoisotopic (exact) mass is 308 g/mol. The third kappa shape index (κ3) is 4.01. The number of thiazole rings is 1. The second-order valence-corrected chi connectivity index (χ2v) is 5.93. The minimum absolute atomic E-state index is 0.0389. The van der Waals surface area contributed by atoms with E-state index in [1.165, 1.54) is 0 Å². The first-order valence-electron chi connectivity index (χ1n) is 6.84. The van der Waals surface area contributed by atoms with Crippen LogP contribution in [0.4, 0.5) is 11.9 Å². The van der Waals surface area contributed by atoms with E-state index in [4.69, 9.17) is 10.5 Å². The van der Waals surface area contributed by atoms with E-state index in [0.717, 1.165) is 22.0 Å². The second kappa shape index (κ2) is 6.66. The molecule has 0 aromatic carbocycles. The summed E-state index contributed by atoms with van der Waals surface area (Å²) in [7, 11) is 0. The zero-order valence-electron chi connectivity index (χ0n) is 12.7. The highest BCUT2D eigenvalue weighted by Crippen LogP contribution is 2.26. The number of nitrogens with zero attached hydrogens (tertiary/aromatic N) is 4. The molecule has 0 bridgehead atoms. The molecule has 0 amide bonds. The summed E-state index contributed by atoms with van der Waals surface area (Å²) in [6.45, 7) is 8.58. The van der Waals surface area contributed by atoms with Gasteiger partial charge in [0.25, 0.3) is 0 Å². The molecule has 0 aliphatic carbocycles. The minimum Gasteiger partial charge on any atom is -0.463 e. The average Bonchev–Trinajstić information content (AvgIpc) is 2.75. The summed E-state index contributed by atoms with van der Waals surface area (Å²) < 4.78 is 5.40. The van der Waals surface area contributed by atoms with E-state index in [1.807, 2.05) is 27.7 Å². The Kier molecular flexibility index (Phi) is 4.89. The molecular weight excluding hydrogens is 288 g/mol. The molecule has 0 saturated carbocycles. The number of nitrogens with two attached hydrogens (primary N) is 1. The molecule has 2 aromatic rings. The van der Waals surface area contributed by atoms with Crippen molar-refractivity contribution in [3.63, 3.8) is 0 Å². The molecule has 8 heteroatoms. The lowest BCUT2D eigenvalue weighted by Crippen LogP contribution is -2.12. The maximum atomic E-state index is 5.69. The Balaban J connectivity index is 2.14. The molecule has 0 fully saturated rings. The van der Waals surface area contributed by atoms with Gasteiger partial charge in [-0.25, -0.2) is 4.98 Å². The molecule has 2 rings (SSSR count). The summed E-state index contributed by atoms with van der Waals surface area (Å²) in [6, 6.07) is 0.285. The van der Waals surface area contributed by atoms with E-state index in [2.05, 4.69) is 25.3 Å². The van der Waals surface area contributed by atoms with Gasteiger partial charge in [-0.2, -0.15) is 15.0 Å². The van der Waals surface area contributed by atoms with Gasteiger partial charge in [-0.3, -0.25) is 0 Å². The summed E-state index contributed by atoms with van der Waals surface area (Å²) in [5.74, 6) is 0.551. The first kappa shape index (κ1) is 15.4. The van der Waals surface area contributed by atoms with Crippen LogP contribution < -0.4 is 15.8 Å². The number of nitrogen functional groups attached to an aromatic ring is 1. The predicted octanol–water partition coefficient (Wildman–Crippen LogP) is 2.49. The first-order valence-corrected chi connectivity index (χ1v) is 7.66. The Morgan fingerprint density at radius 3 is 2.62 bits per heavy atom. The van der Waals surface area contributed by atoms with Crippen LogP contribution in [0.1, 0.15) is 41.9 Å². The third-order valence-corrected chi connectivity index (χ3v) is 4.00. The fraction of sp³-hybridized carbons (Fsp3) is 0.538. The van der Waals surface area contributed by atoms with Gasteiger partial charge in [0, 0.05) is 4.88 Å². The fourth-order valence-electron chi connectivity index (χ4n) is 1.90. The zero-order chi connectivity index (χ0) is 15.4. The summed E-state index contributed by atoms with van der Waals surface area (Å²) in [4.78, 5) is 17.9. The van der Waals surface area contributed by atoms with Crippen molar-refractivity contribution >= 4 is 23.2 Å². The smallest absolute Gasteiger partial charge is 0.323 e. The molecule has 21 heavy (non-hydrogen) atoms. The van der Waals surface area contributed by atoms with E-state index in [1.54, 1.807) is 11.3 Å². The lowest BCUT2D eigenvalue weighted by atomic mass is 10.2. The van der Waals surface area contributed by atoms with Crippen molar-refractivity contribution in [2.24, 2.45) is 0 Å². The van der Waals surface area contributed by atoms with E-state index >= 15 is 0 Å². The molecule has 0 aliphatic heterocycles. The Morgan fingerprint density at radius 2 is 2.00 bits per heavy atom. The van der Waals surface area contributed by atoms with Crippen molar-refractivity contribution in [1.82, 2.24) is 19.9 Å². The number of hydrogen-bond acceptors (Lipinski definition) is 8. The van der Waals surface area contributed by atoms with Gasteiger partial charge in [-0.05, 0) is 27.2 Å². The quantitative estimate of drug-likeness (QED) is 0.845. The fourth-order valence-corrected chi connectivity index (χ4v) is 2.83. The molecule has 1 unspecified atom stereocenters. The normalized spacial score (nSPS) is 12.2. The van der Waals surface area contributed by atoms with Crippen molar-refractivity contribution in [2.75, 3.05) is 17.7 Å². The highest BCUT2D eigenvalue weighted by atomic mass is 32.1.